The molecule has 2 heterocycles. The van der Waals surface area contributed by atoms with Crippen LogP contribution in [0.2, 0.25) is 0 Å². The van der Waals surface area contributed by atoms with E-state index in [0.29, 0.717) is 10.7 Å². The van der Waals surface area contributed by atoms with Crippen molar-refractivity contribution in [2.24, 2.45) is 0 Å². The van der Waals surface area contributed by atoms with Gasteiger partial charge in [0.1, 0.15) is 0 Å². The number of aryl methyl sites for hydroxylation is 3. The number of nitrogens with zero attached hydrogens (tertiary/aromatic N) is 1. The van der Waals surface area contributed by atoms with Gasteiger partial charge in [-0.1, -0.05) is 24.4 Å². The molecule has 0 saturated carbocycles. The van der Waals surface area contributed by atoms with Crippen molar-refractivity contribution in [1.82, 2.24) is 0 Å². The van der Waals surface area contributed by atoms with Crippen LogP contribution in [0.4, 0.5) is 5.69 Å². The highest BCUT2D eigenvalue weighted by atomic mass is 32.1. The maximum Gasteiger partial charge on any atom is 0.289 e. The molecule has 0 saturated heterocycles. The lowest BCUT2D eigenvalue weighted by molar-refractivity contribution is -0.576. The van der Waals surface area contributed by atoms with E-state index in [0.717, 1.165) is 16.1 Å². The van der Waals surface area contributed by atoms with Crippen molar-refractivity contribution in [3.8, 4) is 0 Å². The number of anilines is 1. The van der Waals surface area contributed by atoms with E-state index in [1.54, 1.807) is 0 Å². The molecule has 3 aromatic rings. The minimum atomic E-state index is 0.164. The van der Waals surface area contributed by atoms with E-state index < -0.39 is 0 Å². The number of pyridine rings is 1. The summed E-state index contributed by atoms with van der Waals surface area (Å²) >= 11 is 7.14. The Morgan fingerprint density at radius 1 is 1.08 bits per heavy atom. The van der Waals surface area contributed by atoms with Gasteiger partial charge in [0.05, 0.1) is 4.88 Å². The first kappa shape index (κ1) is 18.3. The van der Waals surface area contributed by atoms with Crippen LogP contribution in [-0.2, 0) is 0 Å². The van der Waals surface area contributed by atoms with Crippen LogP contribution >= 0.6 is 23.6 Å². The Hall–Kier alpha value is -2.50. The summed E-state index contributed by atoms with van der Waals surface area (Å²) in [6.07, 6.45) is 3.84. The highest BCUT2D eigenvalue weighted by Gasteiger charge is 2.24. The molecule has 0 amide bonds. The largest absolute Gasteiger partial charge is 0.501 e. The lowest BCUT2D eigenvalue weighted by Crippen LogP contribution is -2.38. The highest BCUT2D eigenvalue weighted by molar-refractivity contribution is 7.81. The third-order valence-corrected chi connectivity index (χ3v) is 5.34. The molecule has 2 aromatic heterocycles. The summed E-state index contributed by atoms with van der Waals surface area (Å²) in [5.41, 5.74) is 4.96. The van der Waals surface area contributed by atoms with Gasteiger partial charge in [-0.05, 0) is 61.5 Å². The van der Waals surface area contributed by atoms with Crippen LogP contribution < -0.4 is 9.88 Å². The quantitative estimate of drug-likeness (QED) is 0.279. The Morgan fingerprint density at radius 2 is 1.88 bits per heavy atom. The Labute approximate surface area is 163 Å². The number of thiocarbonyl (C=S) groups is 1. The average Bonchev–Trinajstić information content (AvgIpc) is 3.13. The van der Waals surface area contributed by atoms with Crippen molar-refractivity contribution in [1.29, 1.82) is 0 Å². The predicted molar refractivity (Wildman–Crippen MR) is 114 cm³/mol. The summed E-state index contributed by atoms with van der Waals surface area (Å²) < 4.78 is 1.86. The third-order valence-electron chi connectivity index (χ3n) is 4.17. The molecule has 26 heavy (non-hydrogen) atoms. The first-order valence-electron chi connectivity index (χ1n) is 8.29. The number of aromatic nitrogens is 1. The number of thiophene rings is 1. The van der Waals surface area contributed by atoms with Crippen LogP contribution in [0.15, 0.2) is 60.2 Å². The van der Waals surface area contributed by atoms with Crippen LogP contribution in [0.5, 0.6) is 0 Å². The average molecular weight is 382 g/mol. The first-order valence-corrected chi connectivity index (χ1v) is 9.58. The summed E-state index contributed by atoms with van der Waals surface area (Å²) in [5, 5.41) is 16.1. The van der Waals surface area contributed by atoms with Crippen molar-refractivity contribution >= 4 is 45.7 Å². The second-order valence-corrected chi connectivity index (χ2v) is 7.57. The molecule has 0 spiro atoms. The van der Waals surface area contributed by atoms with E-state index in [2.05, 4.69) is 31.3 Å². The fourth-order valence-electron chi connectivity index (χ4n) is 2.62. The zero-order chi connectivity index (χ0) is 18.7. The van der Waals surface area contributed by atoms with Crippen LogP contribution in [0.25, 0.3) is 11.5 Å². The molecular weight excluding hydrogens is 360 g/mol. The van der Waals surface area contributed by atoms with Gasteiger partial charge >= 0.3 is 0 Å². The molecule has 1 aromatic carbocycles. The van der Waals surface area contributed by atoms with Crippen LogP contribution in [0, 0.1) is 20.8 Å². The molecule has 3 rings (SSSR count). The fraction of sp³-hybridized carbons (Fsp3) is 0.143. The predicted octanol–water partition coefficient (Wildman–Crippen LogP) is 5.28. The number of benzene rings is 1. The Bertz CT molecular complexity index is 975. The molecule has 0 fully saturated rings. The number of hydrogen-bond acceptors (Lipinski definition) is 3. The normalized spacial score (nSPS) is 11.8. The number of aliphatic hydroxyl groups is 1. The van der Waals surface area contributed by atoms with Crippen LogP contribution in [0.3, 0.4) is 0 Å². The number of hydrogen-bond donors (Lipinski definition) is 2. The third kappa shape index (κ3) is 4.00. The van der Waals surface area contributed by atoms with Crippen LogP contribution in [0.1, 0.15) is 21.6 Å². The Kier molecular flexibility index (Phi) is 5.49. The maximum atomic E-state index is 10.9. The number of aliphatic hydroxyl groups excluding tert-OH is 1. The van der Waals surface area contributed by atoms with Gasteiger partial charge in [-0.15, -0.1) is 11.3 Å². The van der Waals surface area contributed by atoms with E-state index in [9.17, 15) is 5.11 Å². The molecule has 132 valence electrons. The fourth-order valence-corrected chi connectivity index (χ4v) is 3.61. The lowest BCUT2D eigenvalue weighted by atomic mass is 10.1. The zero-order valence-electron chi connectivity index (χ0n) is 15.0. The molecule has 5 heteroatoms. The SMILES string of the molecule is Cc1ccc[n+](C(C(=S)Nc2ccc(C)c(C)c2)=C(O)c2cccs2)c1. The van der Waals surface area contributed by atoms with Gasteiger partial charge in [0.2, 0.25) is 5.76 Å². The molecule has 0 atom stereocenters. The molecular formula is C21H21N2OS2+. The molecule has 3 nitrogen and oxygen atoms in total. The van der Waals surface area contributed by atoms with E-state index >= 15 is 0 Å². The van der Waals surface area contributed by atoms with Crippen molar-refractivity contribution in [3.63, 3.8) is 0 Å². The van der Waals surface area contributed by atoms with E-state index in [4.69, 9.17) is 12.2 Å². The van der Waals surface area contributed by atoms with Gasteiger partial charge < -0.3 is 10.4 Å². The van der Waals surface area contributed by atoms with Crippen molar-refractivity contribution < 1.29 is 9.67 Å². The molecule has 2 N–H and O–H groups in total. The molecule has 0 aliphatic carbocycles. The van der Waals surface area contributed by atoms with E-state index in [1.807, 2.05) is 59.6 Å². The van der Waals surface area contributed by atoms with Crippen molar-refractivity contribution in [2.45, 2.75) is 20.8 Å². The lowest BCUT2D eigenvalue weighted by Gasteiger charge is -2.11. The highest BCUT2D eigenvalue weighted by Crippen LogP contribution is 2.23. The minimum absolute atomic E-state index is 0.164. The zero-order valence-corrected chi connectivity index (χ0v) is 16.6. The Balaban J connectivity index is 2.04. The summed E-state index contributed by atoms with van der Waals surface area (Å²) in [7, 11) is 0. The maximum absolute atomic E-state index is 10.9. The molecule has 0 unspecified atom stereocenters. The van der Waals surface area contributed by atoms with Gasteiger partial charge in [-0.25, -0.2) is 0 Å². The summed E-state index contributed by atoms with van der Waals surface area (Å²) in [6, 6.07) is 13.9. The summed E-state index contributed by atoms with van der Waals surface area (Å²) in [6.45, 7) is 6.16. The molecule has 0 bridgehead atoms. The van der Waals surface area contributed by atoms with Gasteiger partial charge in [-0.2, -0.15) is 4.57 Å². The van der Waals surface area contributed by atoms with Gasteiger partial charge in [0.25, 0.3) is 5.70 Å². The molecule has 0 aliphatic rings. The monoisotopic (exact) mass is 381 g/mol. The number of rotatable bonds is 4. The second-order valence-electron chi connectivity index (χ2n) is 6.22. The van der Waals surface area contributed by atoms with Crippen molar-refractivity contribution in [2.75, 3.05) is 5.32 Å². The summed E-state index contributed by atoms with van der Waals surface area (Å²) in [4.78, 5) is 1.24. The number of nitrogens with one attached hydrogen (secondary N) is 1. The van der Waals surface area contributed by atoms with Crippen LogP contribution in [-0.4, -0.2) is 10.1 Å². The van der Waals surface area contributed by atoms with Gasteiger partial charge in [0.15, 0.2) is 17.4 Å². The van der Waals surface area contributed by atoms with E-state index in [1.165, 1.54) is 22.5 Å². The minimum Gasteiger partial charge on any atom is -0.501 e. The smallest absolute Gasteiger partial charge is 0.289 e. The molecule has 0 aliphatic heterocycles. The summed E-state index contributed by atoms with van der Waals surface area (Å²) in [5.74, 6) is 0.164. The standard InChI is InChI=1S/C21H20N2OS2/c1-14-6-4-10-23(13-14)19(20(24)18-7-5-11-26-18)21(25)22-17-9-8-15(2)16(3)12-17/h4-13H,1-3H3,(H-,22,24,25)/p+1. The first-order chi connectivity index (χ1) is 12.5. The second kappa shape index (κ2) is 7.81. The van der Waals surface area contributed by atoms with E-state index in [-0.39, 0.29) is 5.76 Å². The van der Waals surface area contributed by atoms with Gasteiger partial charge in [-0.3, -0.25) is 0 Å². The topological polar surface area (TPSA) is 36.1 Å². The van der Waals surface area contributed by atoms with Gasteiger partial charge in [0, 0.05) is 17.3 Å². The Morgan fingerprint density at radius 3 is 2.54 bits per heavy atom. The molecule has 0 radical (unpaired) electrons. The van der Waals surface area contributed by atoms with Crippen molar-refractivity contribution in [3.05, 3.63) is 81.8 Å².